The Morgan fingerprint density at radius 3 is 2.82 bits per heavy atom. The monoisotopic (exact) mass is 235 g/mol. The second kappa shape index (κ2) is 5.67. The Kier molecular flexibility index (Phi) is 4.21. The fourth-order valence-corrected chi connectivity index (χ4v) is 2.62. The average molecular weight is 235 g/mol. The van der Waals surface area contributed by atoms with Gasteiger partial charge in [0.2, 0.25) is 0 Å². The third kappa shape index (κ3) is 2.89. The van der Waals surface area contributed by atoms with Crippen molar-refractivity contribution in [1.29, 1.82) is 0 Å². The highest BCUT2D eigenvalue weighted by Crippen LogP contribution is 2.24. The van der Waals surface area contributed by atoms with Gasteiger partial charge in [0.1, 0.15) is 0 Å². The van der Waals surface area contributed by atoms with Gasteiger partial charge >= 0.3 is 0 Å². The lowest BCUT2D eigenvalue weighted by molar-refractivity contribution is 0.413. The van der Waals surface area contributed by atoms with Gasteiger partial charge in [0.25, 0.3) is 0 Å². The second-order valence-corrected chi connectivity index (χ2v) is 5.38. The van der Waals surface area contributed by atoms with Crippen LogP contribution in [0.1, 0.15) is 57.5 Å². The number of hydrogen-bond donors (Lipinski definition) is 1. The third-order valence-electron chi connectivity index (χ3n) is 3.69. The Morgan fingerprint density at radius 2 is 2.12 bits per heavy atom. The van der Waals surface area contributed by atoms with Crippen molar-refractivity contribution >= 4 is 0 Å². The predicted octanol–water partition coefficient (Wildman–Crippen LogP) is 2.71. The Morgan fingerprint density at radius 1 is 1.35 bits per heavy atom. The molecule has 0 saturated carbocycles. The van der Waals surface area contributed by atoms with E-state index in [0.29, 0.717) is 12.1 Å². The van der Waals surface area contributed by atoms with Gasteiger partial charge in [-0.2, -0.15) is 0 Å². The Balaban J connectivity index is 2.10. The van der Waals surface area contributed by atoms with Gasteiger partial charge in [-0.1, -0.05) is 20.8 Å². The van der Waals surface area contributed by atoms with Crippen LogP contribution in [-0.4, -0.2) is 22.1 Å². The summed E-state index contributed by atoms with van der Waals surface area (Å²) in [5, 5.41) is 3.54. The molecule has 0 spiro atoms. The number of aryl methyl sites for hydroxylation is 1. The first kappa shape index (κ1) is 12.6. The lowest BCUT2D eigenvalue weighted by atomic mass is 10.0. The summed E-state index contributed by atoms with van der Waals surface area (Å²) >= 11 is 0. The van der Waals surface area contributed by atoms with Gasteiger partial charge in [-0.05, 0) is 32.1 Å². The van der Waals surface area contributed by atoms with Crippen LogP contribution in [0.25, 0.3) is 0 Å². The molecule has 0 aliphatic heterocycles. The third-order valence-corrected chi connectivity index (χ3v) is 3.69. The molecule has 1 aliphatic rings. The number of aromatic nitrogens is 2. The van der Waals surface area contributed by atoms with E-state index < -0.39 is 0 Å². The fraction of sp³-hybridized carbons (Fsp3) is 0.786. The molecule has 96 valence electrons. The molecule has 1 atom stereocenters. The first-order chi connectivity index (χ1) is 8.22. The standard InChI is InChI=1S/C14H25N3/c1-4-12(9-15-11(2)3)17-10-16-13-7-5-6-8-14(13)17/h10-12,15H,4-9H2,1-3H3. The van der Waals surface area contributed by atoms with E-state index in [0.717, 1.165) is 6.54 Å². The lowest BCUT2D eigenvalue weighted by Crippen LogP contribution is -2.31. The van der Waals surface area contributed by atoms with Crippen molar-refractivity contribution in [3.05, 3.63) is 17.7 Å². The minimum absolute atomic E-state index is 0.559. The van der Waals surface area contributed by atoms with E-state index in [1.807, 2.05) is 0 Å². The highest BCUT2D eigenvalue weighted by atomic mass is 15.1. The molecule has 1 aliphatic carbocycles. The molecule has 1 unspecified atom stereocenters. The van der Waals surface area contributed by atoms with Gasteiger partial charge in [0, 0.05) is 24.3 Å². The van der Waals surface area contributed by atoms with Crippen LogP contribution in [0.3, 0.4) is 0 Å². The van der Waals surface area contributed by atoms with Crippen LogP contribution in [0.5, 0.6) is 0 Å². The summed E-state index contributed by atoms with van der Waals surface area (Å²) in [5.41, 5.74) is 2.84. The summed E-state index contributed by atoms with van der Waals surface area (Å²) in [6, 6.07) is 1.12. The molecular formula is C14H25N3. The van der Waals surface area contributed by atoms with Crippen LogP contribution in [0.4, 0.5) is 0 Å². The zero-order chi connectivity index (χ0) is 12.3. The van der Waals surface area contributed by atoms with E-state index in [1.165, 1.54) is 43.5 Å². The molecule has 2 rings (SSSR count). The van der Waals surface area contributed by atoms with Crippen molar-refractivity contribution in [2.75, 3.05) is 6.54 Å². The molecule has 1 aromatic rings. The van der Waals surface area contributed by atoms with Crippen molar-refractivity contribution in [2.24, 2.45) is 0 Å². The Labute approximate surface area is 105 Å². The minimum Gasteiger partial charge on any atom is -0.330 e. The van der Waals surface area contributed by atoms with Crippen molar-refractivity contribution in [1.82, 2.24) is 14.9 Å². The maximum absolute atomic E-state index is 4.59. The Bertz CT molecular complexity index is 354. The molecular weight excluding hydrogens is 210 g/mol. The van der Waals surface area contributed by atoms with Crippen LogP contribution in [0, 0.1) is 0 Å². The van der Waals surface area contributed by atoms with Crippen molar-refractivity contribution < 1.29 is 0 Å². The van der Waals surface area contributed by atoms with Gasteiger partial charge in [-0.15, -0.1) is 0 Å². The van der Waals surface area contributed by atoms with Gasteiger partial charge < -0.3 is 9.88 Å². The van der Waals surface area contributed by atoms with Gasteiger partial charge in [0.05, 0.1) is 12.0 Å². The number of nitrogens with zero attached hydrogens (tertiary/aromatic N) is 2. The molecule has 1 aromatic heterocycles. The Hall–Kier alpha value is -0.830. The van der Waals surface area contributed by atoms with Crippen LogP contribution in [0.2, 0.25) is 0 Å². The molecule has 0 fully saturated rings. The maximum Gasteiger partial charge on any atom is 0.0954 e. The molecule has 3 heteroatoms. The molecule has 0 bridgehead atoms. The molecule has 0 aromatic carbocycles. The lowest BCUT2D eigenvalue weighted by Gasteiger charge is -2.23. The number of rotatable bonds is 5. The quantitative estimate of drug-likeness (QED) is 0.850. The summed E-state index contributed by atoms with van der Waals surface area (Å²) < 4.78 is 2.42. The van der Waals surface area contributed by atoms with E-state index >= 15 is 0 Å². The summed E-state index contributed by atoms with van der Waals surface area (Å²) in [5.74, 6) is 0. The van der Waals surface area contributed by atoms with Crippen LogP contribution >= 0.6 is 0 Å². The highest BCUT2D eigenvalue weighted by molar-refractivity contribution is 5.17. The molecule has 1 N–H and O–H groups in total. The maximum atomic E-state index is 4.59. The smallest absolute Gasteiger partial charge is 0.0954 e. The topological polar surface area (TPSA) is 29.9 Å². The molecule has 0 amide bonds. The summed E-state index contributed by atoms with van der Waals surface area (Å²) in [4.78, 5) is 4.59. The zero-order valence-electron chi connectivity index (χ0n) is 11.4. The van der Waals surface area contributed by atoms with Crippen molar-refractivity contribution in [3.63, 3.8) is 0 Å². The first-order valence-corrected chi connectivity index (χ1v) is 7.00. The summed E-state index contributed by atoms with van der Waals surface area (Å²) in [6.07, 6.45) is 8.26. The van der Waals surface area contributed by atoms with E-state index in [4.69, 9.17) is 0 Å². The average Bonchev–Trinajstić information content (AvgIpc) is 2.74. The summed E-state index contributed by atoms with van der Waals surface area (Å²) in [7, 11) is 0. The molecule has 1 heterocycles. The normalized spacial score (nSPS) is 17.2. The van der Waals surface area contributed by atoms with Crippen LogP contribution in [-0.2, 0) is 12.8 Å². The molecule has 0 saturated heterocycles. The van der Waals surface area contributed by atoms with Gasteiger partial charge in [-0.3, -0.25) is 0 Å². The number of nitrogens with one attached hydrogen (secondary N) is 1. The number of hydrogen-bond acceptors (Lipinski definition) is 2. The largest absolute Gasteiger partial charge is 0.330 e. The van der Waals surface area contributed by atoms with E-state index in [1.54, 1.807) is 0 Å². The van der Waals surface area contributed by atoms with E-state index in [2.05, 4.69) is 42.0 Å². The first-order valence-electron chi connectivity index (χ1n) is 7.00. The second-order valence-electron chi connectivity index (χ2n) is 5.38. The van der Waals surface area contributed by atoms with Crippen molar-refractivity contribution in [2.45, 2.75) is 65.0 Å². The van der Waals surface area contributed by atoms with Crippen molar-refractivity contribution in [3.8, 4) is 0 Å². The van der Waals surface area contributed by atoms with Crippen LogP contribution < -0.4 is 5.32 Å². The fourth-order valence-electron chi connectivity index (χ4n) is 2.62. The predicted molar refractivity (Wildman–Crippen MR) is 71.3 cm³/mol. The molecule has 0 radical (unpaired) electrons. The number of imidazole rings is 1. The minimum atomic E-state index is 0.559. The summed E-state index contributed by atoms with van der Waals surface area (Å²) in [6.45, 7) is 7.73. The number of fused-ring (bicyclic) bond motifs is 1. The molecule has 3 nitrogen and oxygen atoms in total. The SMILES string of the molecule is CCC(CNC(C)C)n1cnc2c1CCCC2. The van der Waals surface area contributed by atoms with Gasteiger partial charge in [0.15, 0.2) is 0 Å². The van der Waals surface area contributed by atoms with E-state index in [-0.39, 0.29) is 0 Å². The van der Waals surface area contributed by atoms with Gasteiger partial charge in [-0.25, -0.2) is 4.98 Å². The molecule has 17 heavy (non-hydrogen) atoms. The zero-order valence-corrected chi connectivity index (χ0v) is 11.4. The highest BCUT2D eigenvalue weighted by Gasteiger charge is 2.19. The van der Waals surface area contributed by atoms with E-state index in [9.17, 15) is 0 Å². The van der Waals surface area contributed by atoms with Crippen LogP contribution in [0.15, 0.2) is 6.33 Å².